The fourth-order valence-electron chi connectivity index (χ4n) is 5.09. The average molecular weight is 496 g/mol. The van der Waals surface area contributed by atoms with Crippen LogP contribution in [0.25, 0.3) is 10.9 Å². The Morgan fingerprint density at radius 2 is 2.31 bits per heavy atom. The van der Waals surface area contributed by atoms with Gasteiger partial charge in [0.2, 0.25) is 0 Å². The Kier molecular flexibility index (Phi) is 8.41. The highest BCUT2D eigenvalue weighted by molar-refractivity contribution is 8.14. The number of methoxy groups -OCH3 is 1. The van der Waals surface area contributed by atoms with Crippen molar-refractivity contribution >= 4 is 39.8 Å². The standard InChI is InChI=1S/C26H33N5O3S/c1-3-17(15-28-16-19(30-27)5-4-12-32)18-9-11-31-24(13-18)25(35-26(31)33)21-8-10-29-23-7-6-20(34-2)14-22(21)23/h3,6-8,10,14,16-18,24-25,32H,1,4-5,9,11-13,15,27H2,2H3/b28-16?,30-19-/t17-,18-,24-,25-/m0/s1. The first kappa shape index (κ1) is 25.2. The monoisotopic (exact) mass is 495 g/mol. The van der Waals surface area contributed by atoms with Crippen LogP contribution in [0.4, 0.5) is 4.79 Å². The van der Waals surface area contributed by atoms with Gasteiger partial charge in [-0.25, -0.2) is 0 Å². The van der Waals surface area contributed by atoms with Crippen LogP contribution in [0, 0.1) is 11.8 Å². The molecule has 8 nitrogen and oxygen atoms in total. The number of nitrogens with zero attached hydrogens (tertiary/aromatic N) is 4. The van der Waals surface area contributed by atoms with Crippen molar-refractivity contribution in [3.63, 3.8) is 0 Å². The molecule has 0 spiro atoms. The van der Waals surface area contributed by atoms with Crippen LogP contribution in [0.1, 0.15) is 36.5 Å². The number of benzene rings is 1. The van der Waals surface area contributed by atoms with E-state index in [1.165, 1.54) is 11.8 Å². The van der Waals surface area contributed by atoms with E-state index < -0.39 is 0 Å². The maximum Gasteiger partial charge on any atom is 0.282 e. The molecule has 1 aromatic heterocycles. The molecule has 2 aromatic rings. The Balaban J connectivity index is 1.53. The molecule has 2 aliphatic rings. The minimum absolute atomic E-state index is 0.0336. The third kappa shape index (κ3) is 5.51. The molecule has 9 heteroatoms. The highest BCUT2D eigenvalue weighted by Gasteiger charge is 2.46. The number of fused-ring (bicyclic) bond motifs is 2. The molecule has 0 unspecified atom stereocenters. The zero-order valence-corrected chi connectivity index (χ0v) is 20.9. The Morgan fingerprint density at radius 3 is 3.06 bits per heavy atom. The van der Waals surface area contributed by atoms with E-state index in [2.05, 4.69) is 21.7 Å². The van der Waals surface area contributed by atoms with Gasteiger partial charge in [0.25, 0.3) is 5.24 Å². The number of pyridine rings is 1. The quantitative estimate of drug-likeness (QED) is 0.221. The van der Waals surface area contributed by atoms with Crippen molar-refractivity contribution in [2.45, 2.75) is 37.0 Å². The van der Waals surface area contributed by atoms with E-state index >= 15 is 0 Å². The largest absolute Gasteiger partial charge is 0.497 e. The lowest BCUT2D eigenvalue weighted by molar-refractivity contribution is 0.136. The number of ether oxygens (including phenoxy) is 1. The Hall–Kier alpha value is -2.91. The van der Waals surface area contributed by atoms with Gasteiger partial charge in [-0.3, -0.25) is 14.8 Å². The predicted molar refractivity (Wildman–Crippen MR) is 142 cm³/mol. The van der Waals surface area contributed by atoms with E-state index in [1.807, 2.05) is 41.4 Å². The summed E-state index contributed by atoms with van der Waals surface area (Å²) in [6.07, 6.45) is 8.54. The van der Waals surface area contributed by atoms with Crippen LogP contribution in [0.15, 0.2) is 53.2 Å². The summed E-state index contributed by atoms with van der Waals surface area (Å²) in [6.45, 7) is 5.51. The van der Waals surface area contributed by atoms with Gasteiger partial charge in [-0.1, -0.05) is 17.8 Å². The summed E-state index contributed by atoms with van der Waals surface area (Å²) < 4.78 is 5.45. The summed E-state index contributed by atoms with van der Waals surface area (Å²) in [4.78, 5) is 24.1. The maximum atomic E-state index is 12.9. The van der Waals surface area contributed by atoms with Crippen LogP contribution in [-0.4, -0.2) is 65.0 Å². The molecule has 2 fully saturated rings. The first-order chi connectivity index (χ1) is 17.1. The second kappa shape index (κ2) is 11.7. The number of carbonyl (C=O) groups is 1. The Bertz CT molecular complexity index is 1120. The van der Waals surface area contributed by atoms with Crippen molar-refractivity contribution in [1.82, 2.24) is 9.88 Å². The number of amides is 1. The average Bonchev–Trinajstić information content (AvgIpc) is 3.23. The maximum absolute atomic E-state index is 12.9. The molecule has 0 bridgehead atoms. The van der Waals surface area contributed by atoms with Crippen molar-refractivity contribution in [2.24, 2.45) is 27.8 Å². The van der Waals surface area contributed by atoms with Crippen LogP contribution in [0.5, 0.6) is 5.75 Å². The second-order valence-electron chi connectivity index (χ2n) is 8.97. The number of hydrogen-bond acceptors (Lipinski definition) is 8. The lowest BCUT2D eigenvalue weighted by Crippen LogP contribution is -2.43. The van der Waals surface area contributed by atoms with E-state index in [-0.39, 0.29) is 29.1 Å². The number of rotatable bonds is 10. The summed E-state index contributed by atoms with van der Waals surface area (Å²) in [7, 11) is 1.66. The number of aliphatic hydroxyl groups is 1. The van der Waals surface area contributed by atoms with E-state index in [1.54, 1.807) is 13.3 Å². The van der Waals surface area contributed by atoms with E-state index in [4.69, 9.17) is 15.7 Å². The Labute approximate surface area is 210 Å². The van der Waals surface area contributed by atoms with Gasteiger partial charge in [-0.2, -0.15) is 5.10 Å². The molecule has 0 aliphatic carbocycles. The summed E-state index contributed by atoms with van der Waals surface area (Å²) >= 11 is 1.42. The summed E-state index contributed by atoms with van der Waals surface area (Å²) in [5.74, 6) is 6.80. The Morgan fingerprint density at radius 1 is 1.46 bits per heavy atom. The van der Waals surface area contributed by atoms with Crippen LogP contribution in [-0.2, 0) is 0 Å². The molecule has 4 rings (SSSR count). The van der Waals surface area contributed by atoms with Crippen molar-refractivity contribution in [1.29, 1.82) is 0 Å². The molecular formula is C26H33N5O3S. The number of piperidine rings is 1. The van der Waals surface area contributed by atoms with Crippen LogP contribution in [0.2, 0.25) is 0 Å². The molecule has 35 heavy (non-hydrogen) atoms. The highest BCUT2D eigenvalue weighted by atomic mass is 32.2. The van der Waals surface area contributed by atoms with Gasteiger partial charge < -0.3 is 20.6 Å². The molecule has 3 heterocycles. The van der Waals surface area contributed by atoms with E-state index in [0.717, 1.165) is 41.6 Å². The molecule has 1 aromatic carbocycles. The topological polar surface area (TPSA) is 113 Å². The molecule has 3 N–H and O–H groups in total. The second-order valence-corrected chi connectivity index (χ2v) is 10.1. The minimum Gasteiger partial charge on any atom is -0.497 e. The third-order valence-electron chi connectivity index (χ3n) is 7.01. The highest BCUT2D eigenvalue weighted by Crippen LogP contribution is 2.50. The lowest BCUT2D eigenvalue weighted by atomic mass is 9.79. The van der Waals surface area contributed by atoms with E-state index in [9.17, 15) is 4.79 Å². The van der Waals surface area contributed by atoms with Crippen LogP contribution in [0.3, 0.4) is 0 Å². The molecule has 2 saturated heterocycles. The van der Waals surface area contributed by atoms with Gasteiger partial charge in [0.15, 0.2) is 0 Å². The third-order valence-corrected chi connectivity index (χ3v) is 8.27. The number of carbonyl (C=O) groups excluding carboxylic acids is 1. The number of thioether (sulfide) groups is 1. The SMILES string of the molecule is C=C[C@@H](CN=C/C(CCCO)=N\N)[C@H]1CCN2C(=O)S[C@@H](c3ccnc4ccc(OC)cc34)[C@@H]2C1. The van der Waals surface area contributed by atoms with Crippen molar-refractivity contribution in [3.8, 4) is 5.75 Å². The van der Waals surface area contributed by atoms with Crippen molar-refractivity contribution < 1.29 is 14.6 Å². The predicted octanol–water partition coefficient (Wildman–Crippen LogP) is 4.19. The van der Waals surface area contributed by atoms with Gasteiger partial charge in [0, 0.05) is 43.5 Å². The first-order valence-corrected chi connectivity index (χ1v) is 12.9. The molecule has 4 atom stereocenters. The van der Waals surface area contributed by atoms with Crippen LogP contribution >= 0.6 is 11.8 Å². The van der Waals surface area contributed by atoms with Gasteiger partial charge in [-0.05, 0) is 67.3 Å². The van der Waals surface area contributed by atoms with Gasteiger partial charge in [-0.15, -0.1) is 6.58 Å². The smallest absolute Gasteiger partial charge is 0.282 e. The molecule has 0 radical (unpaired) electrons. The number of aliphatic hydroxyl groups excluding tert-OH is 1. The summed E-state index contributed by atoms with van der Waals surface area (Å²) in [6, 6.07) is 8.04. The number of hydrazone groups is 1. The van der Waals surface area contributed by atoms with Crippen LogP contribution < -0.4 is 10.6 Å². The summed E-state index contributed by atoms with van der Waals surface area (Å²) in [5.41, 5.74) is 2.70. The van der Waals surface area contributed by atoms with Gasteiger partial charge >= 0.3 is 0 Å². The van der Waals surface area contributed by atoms with E-state index in [0.29, 0.717) is 31.0 Å². The molecule has 186 valence electrons. The zero-order valence-electron chi connectivity index (χ0n) is 20.0. The van der Waals surface area contributed by atoms with Crippen molar-refractivity contribution in [3.05, 3.63) is 48.7 Å². The normalized spacial score (nSPS) is 23.6. The number of aliphatic imine (C=N–C) groups is 1. The first-order valence-electron chi connectivity index (χ1n) is 12.0. The molecule has 1 amide bonds. The molecular weight excluding hydrogens is 462 g/mol. The molecule has 0 saturated carbocycles. The minimum atomic E-state index is 0.0336. The number of aromatic nitrogens is 1. The number of hydrogen-bond donors (Lipinski definition) is 2. The van der Waals surface area contributed by atoms with Gasteiger partial charge in [0.1, 0.15) is 5.75 Å². The summed E-state index contributed by atoms with van der Waals surface area (Å²) in [5, 5.41) is 14.0. The lowest BCUT2D eigenvalue weighted by Gasteiger charge is -2.38. The number of nitrogens with two attached hydrogens (primary N) is 1. The molecule has 2 aliphatic heterocycles. The fraction of sp³-hybridized carbons (Fsp3) is 0.462. The van der Waals surface area contributed by atoms with Crippen molar-refractivity contribution in [2.75, 3.05) is 26.8 Å². The van der Waals surface area contributed by atoms with Gasteiger partial charge in [0.05, 0.1) is 23.6 Å². The fourth-order valence-corrected chi connectivity index (χ4v) is 6.42. The zero-order chi connectivity index (χ0) is 24.8.